The van der Waals surface area contributed by atoms with Crippen molar-refractivity contribution in [3.05, 3.63) is 35.4 Å². The molecule has 0 aliphatic carbocycles. The molecule has 2 aromatic rings. The highest BCUT2D eigenvalue weighted by atomic mass is 35.5. The van der Waals surface area contributed by atoms with E-state index in [2.05, 4.69) is 15.3 Å². The van der Waals surface area contributed by atoms with Gasteiger partial charge in [-0.3, -0.25) is 0 Å². The van der Waals surface area contributed by atoms with E-state index >= 15 is 0 Å². The van der Waals surface area contributed by atoms with Gasteiger partial charge in [0, 0.05) is 22.5 Å². The van der Waals surface area contributed by atoms with Gasteiger partial charge in [0.05, 0.1) is 0 Å². The minimum absolute atomic E-state index is 0.262. The summed E-state index contributed by atoms with van der Waals surface area (Å²) < 4.78 is 0. The van der Waals surface area contributed by atoms with Crippen molar-refractivity contribution in [1.82, 2.24) is 9.97 Å². The number of hydrogen-bond acceptors (Lipinski definition) is 5. The van der Waals surface area contributed by atoms with Crippen LogP contribution < -0.4 is 11.1 Å². The third-order valence-corrected chi connectivity index (χ3v) is 3.24. The number of nitrogens with two attached hydrogens (primary N) is 1. The van der Waals surface area contributed by atoms with E-state index in [1.54, 1.807) is 0 Å². The van der Waals surface area contributed by atoms with Gasteiger partial charge in [0.2, 0.25) is 5.95 Å². The van der Waals surface area contributed by atoms with Crippen molar-refractivity contribution in [3.8, 4) is 0 Å². The third kappa shape index (κ3) is 3.51. The van der Waals surface area contributed by atoms with Crippen molar-refractivity contribution in [2.75, 3.05) is 17.6 Å². The standard InChI is InChI=1S/C12H13ClN4S/c1-2-15-10-7-11(17-12(14)16-10)18-9-5-3-4-8(13)6-9/h3-7H,2H2,1H3,(H3,14,15,16,17). The fourth-order valence-electron chi connectivity index (χ4n) is 1.42. The number of anilines is 2. The maximum atomic E-state index is 5.94. The van der Waals surface area contributed by atoms with Gasteiger partial charge in [-0.05, 0) is 25.1 Å². The van der Waals surface area contributed by atoms with Crippen molar-refractivity contribution < 1.29 is 0 Å². The van der Waals surface area contributed by atoms with E-state index in [0.717, 1.165) is 22.3 Å². The molecular formula is C12H13ClN4S. The molecular weight excluding hydrogens is 268 g/mol. The molecule has 94 valence electrons. The Bertz CT molecular complexity index is 547. The first-order valence-corrected chi connectivity index (χ1v) is 6.68. The molecule has 1 aromatic heterocycles. The van der Waals surface area contributed by atoms with Gasteiger partial charge in [-0.1, -0.05) is 29.4 Å². The predicted molar refractivity (Wildman–Crippen MR) is 76.2 cm³/mol. The van der Waals surface area contributed by atoms with Gasteiger partial charge < -0.3 is 11.1 Å². The van der Waals surface area contributed by atoms with Crippen LogP contribution in [0.15, 0.2) is 40.3 Å². The fourth-order valence-corrected chi connectivity index (χ4v) is 2.56. The average molecular weight is 281 g/mol. The van der Waals surface area contributed by atoms with Crippen LogP contribution in [0.2, 0.25) is 5.02 Å². The molecule has 0 amide bonds. The lowest BCUT2D eigenvalue weighted by Gasteiger charge is -2.06. The zero-order chi connectivity index (χ0) is 13.0. The minimum atomic E-state index is 0.262. The lowest BCUT2D eigenvalue weighted by molar-refractivity contribution is 1.04. The Kier molecular flexibility index (Phi) is 4.28. The Morgan fingerprint density at radius 1 is 1.33 bits per heavy atom. The maximum absolute atomic E-state index is 5.94. The molecule has 1 heterocycles. The molecule has 0 saturated carbocycles. The van der Waals surface area contributed by atoms with E-state index in [9.17, 15) is 0 Å². The summed E-state index contributed by atoms with van der Waals surface area (Å²) in [5.41, 5.74) is 5.67. The largest absolute Gasteiger partial charge is 0.370 e. The van der Waals surface area contributed by atoms with Crippen LogP contribution >= 0.6 is 23.4 Å². The highest BCUT2D eigenvalue weighted by Gasteiger charge is 2.04. The number of nitrogens with one attached hydrogen (secondary N) is 1. The molecule has 0 aliphatic heterocycles. The van der Waals surface area contributed by atoms with E-state index in [0.29, 0.717) is 5.02 Å². The topological polar surface area (TPSA) is 63.8 Å². The predicted octanol–water partition coefficient (Wildman–Crippen LogP) is 3.30. The highest BCUT2D eigenvalue weighted by Crippen LogP contribution is 2.29. The Balaban J connectivity index is 2.23. The number of hydrogen-bond donors (Lipinski definition) is 2. The zero-order valence-corrected chi connectivity index (χ0v) is 11.4. The molecule has 0 unspecified atom stereocenters. The molecule has 6 heteroatoms. The SMILES string of the molecule is CCNc1cc(Sc2cccc(Cl)c2)nc(N)n1. The van der Waals surface area contributed by atoms with Crippen LogP contribution in [-0.2, 0) is 0 Å². The summed E-state index contributed by atoms with van der Waals surface area (Å²) in [5, 5.41) is 4.61. The molecule has 0 radical (unpaired) electrons. The lowest BCUT2D eigenvalue weighted by Crippen LogP contribution is -2.03. The molecule has 0 spiro atoms. The van der Waals surface area contributed by atoms with Crippen LogP contribution in [0.25, 0.3) is 0 Å². The van der Waals surface area contributed by atoms with Crippen LogP contribution in [-0.4, -0.2) is 16.5 Å². The van der Waals surface area contributed by atoms with Gasteiger partial charge in [-0.15, -0.1) is 0 Å². The number of halogens is 1. The number of aromatic nitrogens is 2. The first-order valence-electron chi connectivity index (χ1n) is 5.49. The number of nitrogen functional groups attached to an aromatic ring is 1. The second-order valence-electron chi connectivity index (χ2n) is 3.54. The van der Waals surface area contributed by atoms with Crippen molar-refractivity contribution in [1.29, 1.82) is 0 Å². The zero-order valence-electron chi connectivity index (χ0n) is 9.85. The normalized spacial score (nSPS) is 10.3. The average Bonchev–Trinajstić information content (AvgIpc) is 2.28. The van der Waals surface area contributed by atoms with Crippen LogP contribution in [0.3, 0.4) is 0 Å². The summed E-state index contributed by atoms with van der Waals surface area (Å²) in [7, 11) is 0. The Hall–Kier alpha value is -1.46. The summed E-state index contributed by atoms with van der Waals surface area (Å²) in [5.74, 6) is 0.993. The first kappa shape index (κ1) is 13.0. The van der Waals surface area contributed by atoms with Gasteiger partial charge in [-0.25, -0.2) is 4.98 Å². The van der Waals surface area contributed by atoms with Crippen LogP contribution in [0.5, 0.6) is 0 Å². The Labute approximate surface area is 115 Å². The first-order chi connectivity index (χ1) is 8.67. The number of rotatable bonds is 4. The van der Waals surface area contributed by atoms with E-state index < -0.39 is 0 Å². The molecule has 0 atom stereocenters. The number of nitrogens with zero attached hydrogens (tertiary/aromatic N) is 2. The summed E-state index contributed by atoms with van der Waals surface area (Å²) >= 11 is 7.44. The smallest absolute Gasteiger partial charge is 0.223 e. The Morgan fingerprint density at radius 3 is 2.89 bits per heavy atom. The van der Waals surface area contributed by atoms with Gasteiger partial charge in [0.25, 0.3) is 0 Å². The van der Waals surface area contributed by atoms with Gasteiger partial charge >= 0.3 is 0 Å². The van der Waals surface area contributed by atoms with Crippen molar-refractivity contribution in [3.63, 3.8) is 0 Å². The lowest BCUT2D eigenvalue weighted by atomic mass is 10.4. The second-order valence-corrected chi connectivity index (χ2v) is 5.07. The fraction of sp³-hybridized carbons (Fsp3) is 0.167. The van der Waals surface area contributed by atoms with Crippen LogP contribution in [0.1, 0.15) is 6.92 Å². The third-order valence-electron chi connectivity index (χ3n) is 2.10. The molecule has 0 aliphatic rings. The van der Waals surface area contributed by atoms with Crippen LogP contribution in [0, 0.1) is 0 Å². The van der Waals surface area contributed by atoms with Crippen molar-refractivity contribution >= 4 is 35.1 Å². The van der Waals surface area contributed by atoms with E-state index in [-0.39, 0.29) is 5.95 Å². The Morgan fingerprint density at radius 2 is 2.17 bits per heavy atom. The molecule has 18 heavy (non-hydrogen) atoms. The summed E-state index contributed by atoms with van der Waals surface area (Å²) in [6, 6.07) is 9.47. The molecule has 0 fully saturated rings. The molecule has 4 nitrogen and oxygen atoms in total. The van der Waals surface area contributed by atoms with Crippen LogP contribution in [0.4, 0.5) is 11.8 Å². The molecule has 0 bridgehead atoms. The van der Waals surface area contributed by atoms with Crippen molar-refractivity contribution in [2.45, 2.75) is 16.8 Å². The van der Waals surface area contributed by atoms with Gasteiger partial charge in [0.15, 0.2) is 0 Å². The molecule has 3 N–H and O–H groups in total. The van der Waals surface area contributed by atoms with Gasteiger partial charge in [0.1, 0.15) is 10.8 Å². The quantitative estimate of drug-likeness (QED) is 0.842. The van der Waals surface area contributed by atoms with Crippen molar-refractivity contribution in [2.24, 2.45) is 0 Å². The highest BCUT2D eigenvalue weighted by molar-refractivity contribution is 7.99. The molecule has 2 rings (SSSR count). The van der Waals surface area contributed by atoms with E-state index in [1.807, 2.05) is 37.3 Å². The number of benzene rings is 1. The van der Waals surface area contributed by atoms with E-state index in [1.165, 1.54) is 11.8 Å². The van der Waals surface area contributed by atoms with E-state index in [4.69, 9.17) is 17.3 Å². The monoisotopic (exact) mass is 280 g/mol. The molecule has 0 saturated heterocycles. The van der Waals surface area contributed by atoms with Gasteiger partial charge in [-0.2, -0.15) is 4.98 Å². The summed E-state index contributed by atoms with van der Waals surface area (Å²) in [6.45, 7) is 2.79. The summed E-state index contributed by atoms with van der Waals surface area (Å²) in [4.78, 5) is 9.30. The minimum Gasteiger partial charge on any atom is -0.370 e. The molecule has 1 aromatic carbocycles. The summed E-state index contributed by atoms with van der Waals surface area (Å²) in [6.07, 6.45) is 0. The maximum Gasteiger partial charge on any atom is 0.223 e. The second kappa shape index (κ2) is 5.93.